The van der Waals surface area contributed by atoms with Crippen molar-refractivity contribution in [2.45, 2.75) is 26.7 Å². The molecule has 2 saturated heterocycles. The molecule has 2 aliphatic heterocycles. The average molecular weight is 364 g/mol. The van der Waals surface area contributed by atoms with Gasteiger partial charge in [-0.3, -0.25) is 9.59 Å². The molecule has 2 heterocycles. The fraction of sp³-hybridized carbons (Fsp3) is 0.556. The van der Waals surface area contributed by atoms with Crippen LogP contribution in [0.2, 0.25) is 0 Å². The Kier molecular flexibility index (Phi) is 4.86. The van der Waals surface area contributed by atoms with E-state index >= 15 is 0 Å². The van der Waals surface area contributed by atoms with E-state index in [0.29, 0.717) is 19.5 Å². The fourth-order valence-corrected chi connectivity index (χ4v) is 5.43. The Balaban J connectivity index is 1.60. The molecule has 0 saturated carbocycles. The predicted molar refractivity (Wildman–Crippen MR) is 96.1 cm³/mol. The van der Waals surface area contributed by atoms with Crippen LogP contribution in [-0.4, -0.2) is 44.8 Å². The van der Waals surface area contributed by atoms with Crippen molar-refractivity contribution >= 4 is 27.3 Å². The minimum Gasteiger partial charge on any atom is -0.355 e. The molecule has 1 aromatic rings. The Hall–Kier alpha value is -1.89. The third-order valence-corrected chi connectivity index (χ3v) is 7.09. The zero-order valence-electron chi connectivity index (χ0n) is 14.6. The van der Waals surface area contributed by atoms with Crippen molar-refractivity contribution in [1.29, 1.82) is 0 Å². The number of rotatable bonds is 4. The molecule has 6 nitrogen and oxygen atoms in total. The van der Waals surface area contributed by atoms with Crippen LogP contribution in [0.25, 0.3) is 0 Å². The number of aryl methyl sites for hydroxylation is 1. The fourth-order valence-electron chi connectivity index (χ4n) is 3.57. The number of nitrogens with one attached hydrogen (secondary N) is 1. The van der Waals surface area contributed by atoms with Gasteiger partial charge in [0.2, 0.25) is 11.8 Å². The first kappa shape index (κ1) is 17.9. The number of carbonyl (C=O) groups is 2. The summed E-state index contributed by atoms with van der Waals surface area (Å²) in [5.74, 6) is -0.254. The number of sulfone groups is 1. The van der Waals surface area contributed by atoms with E-state index in [9.17, 15) is 18.0 Å². The highest BCUT2D eigenvalue weighted by Gasteiger charge is 2.36. The van der Waals surface area contributed by atoms with Crippen molar-refractivity contribution in [2.24, 2.45) is 11.8 Å². The Labute approximate surface area is 148 Å². The average Bonchev–Trinajstić information content (AvgIpc) is 3.10. The van der Waals surface area contributed by atoms with E-state index in [2.05, 4.69) is 5.32 Å². The molecule has 136 valence electrons. The third kappa shape index (κ3) is 3.86. The molecule has 0 unspecified atom stereocenters. The minimum atomic E-state index is -2.94. The molecule has 0 radical (unpaired) electrons. The monoisotopic (exact) mass is 364 g/mol. The van der Waals surface area contributed by atoms with Gasteiger partial charge in [-0.2, -0.15) is 0 Å². The van der Waals surface area contributed by atoms with Gasteiger partial charge in [0, 0.05) is 25.2 Å². The summed E-state index contributed by atoms with van der Waals surface area (Å²) in [6.45, 7) is 4.72. The molecule has 2 fully saturated rings. The summed E-state index contributed by atoms with van der Waals surface area (Å²) in [6.07, 6.45) is 0.795. The Bertz CT molecular complexity index is 803. The summed E-state index contributed by atoms with van der Waals surface area (Å²) in [6, 6.07) is 5.82. The maximum atomic E-state index is 12.4. The lowest BCUT2D eigenvalue weighted by Gasteiger charge is -2.20. The van der Waals surface area contributed by atoms with Gasteiger partial charge in [0.25, 0.3) is 0 Å². The van der Waals surface area contributed by atoms with Gasteiger partial charge in [-0.25, -0.2) is 8.42 Å². The quantitative estimate of drug-likeness (QED) is 0.870. The van der Waals surface area contributed by atoms with E-state index in [0.717, 1.165) is 16.8 Å². The van der Waals surface area contributed by atoms with Crippen molar-refractivity contribution in [3.63, 3.8) is 0 Å². The lowest BCUT2D eigenvalue weighted by Crippen LogP contribution is -2.36. The molecule has 2 atom stereocenters. The topological polar surface area (TPSA) is 83.6 Å². The number of hydrogen-bond acceptors (Lipinski definition) is 4. The van der Waals surface area contributed by atoms with Gasteiger partial charge < -0.3 is 10.2 Å². The number of amides is 2. The van der Waals surface area contributed by atoms with Gasteiger partial charge in [0.05, 0.1) is 17.4 Å². The van der Waals surface area contributed by atoms with Crippen LogP contribution in [0.1, 0.15) is 24.0 Å². The highest BCUT2D eigenvalue weighted by Crippen LogP contribution is 2.29. The van der Waals surface area contributed by atoms with Gasteiger partial charge in [-0.05, 0) is 43.4 Å². The third-order valence-electron chi connectivity index (χ3n) is 5.25. The maximum Gasteiger partial charge on any atom is 0.227 e. The van der Waals surface area contributed by atoms with Crippen LogP contribution < -0.4 is 10.2 Å². The van der Waals surface area contributed by atoms with E-state index in [1.54, 1.807) is 4.90 Å². The first-order valence-electron chi connectivity index (χ1n) is 8.61. The number of benzene rings is 1. The number of carbonyl (C=O) groups excluding carboxylic acids is 2. The van der Waals surface area contributed by atoms with E-state index < -0.39 is 9.84 Å². The van der Waals surface area contributed by atoms with Crippen LogP contribution in [-0.2, 0) is 19.4 Å². The zero-order valence-corrected chi connectivity index (χ0v) is 15.4. The minimum absolute atomic E-state index is 0.0128. The Morgan fingerprint density at radius 1 is 1.32 bits per heavy atom. The molecule has 2 aliphatic rings. The van der Waals surface area contributed by atoms with Gasteiger partial charge in [-0.15, -0.1) is 0 Å². The Morgan fingerprint density at radius 3 is 2.76 bits per heavy atom. The van der Waals surface area contributed by atoms with Crippen LogP contribution in [0.4, 0.5) is 5.69 Å². The van der Waals surface area contributed by atoms with Gasteiger partial charge in [0.1, 0.15) is 0 Å². The second kappa shape index (κ2) is 6.78. The molecule has 0 aromatic heterocycles. The predicted octanol–water partition coefficient (Wildman–Crippen LogP) is 1.21. The highest BCUT2D eigenvalue weighted by molar-refractivity contribution is 7.91. The van der Waals surface area contributed by atoms with Gasteiger partial charge in [-0.1, -0.05) is 12.1 Å². The lowest BCUT2D eigenvalue weighted by molar-refractivity contribution is -0.126. The molecule has 7 heteroatoms. The van der Waals surface area contributed by atoms with Crippen molar-refractivity contribution < 1.29 is 18.0 Å². The number of hydrogen-bond donors (Lipinski definition) is 1. The van der Waals surface area contributed by atoms with Crippen LogP contribution in [0.15, 0.2) is 18.2 Å². The largest absolute Gasteiger partial charge is 0.355 e. The summed E-state index contributed by atoms with van der Waals surface area (Å²) < 4.78 is 23.0. The zero-order chi connectivity index (χ0) is 18.2. The van der Waals surface area contributed by atoms with Crippen molar-refractivity contribution in [2.75, 3.05) is 29.5 Å². The smallest absolute Gasteiger partial charge is 0.227 e. The lowest BCUT2D eigenvalue weighted by atomic mass is 10.1. The van der Waals surface area contributed by atoms with Crippen LogP contribution in [0, 0.1) is 25.7 Å². The molecule has 25 heavy (non-hydrogen) atoms. The molecule has 1 aromatic carbocycles. The van der Waals surface area contributed by atoms with Crippen LogP contribution in [0.3, 0.4) is 0 Å². The van der Waals surface area contributed by atoms with E-state index in [1.165, 1.54) is 0 Å². The first-order valence-corrected chi connectivity index (χ1v) is 10.4. The molecule has 2 amide bonds. The molecular formula is C18H24N2O4S. The second-order valence-corrected chi connectivity index (χ2v) is 9.37. The van der Waals surface area contributed by atoms with Crippen molar-refractivity contribution in [3.8, 4) is 0 Å². The Morgan fingerprint density at radius 2 is 2.08 bits per heavy atom. The standard InChI is InChI=1S/C18H24N2O4S/c1-12-4-3-5-16(13(12)2)20-10-15(8-17(20)21)18(22)19-9-14-6-7-25(23,24)11-14/h3-5,14-15H,6-11H2,1-2H3,(H,19,22)/t14-,15-/m1/s1. The molecule has 0 spiro atoms. The molecule has 3 rings (SSSR count). The molecule has 0 aliphatic carbocycles. The first-order chi connectivity index (χ1) is 11.8. The summed E-state index contributed by atoms with van der Waals surface area (Å²) in [7, 11) is -2.94. The number of anilines is 1. The SMILES string of the molecule is Cc1cccc(N2C[C@H](C(=O)NC[C@H]3CCS(=O)(=O)C3)CC2=O)c1C. The van der Waals surface area contributed by atoms with Crippen molar-refractivity contribution in [3.05, 3.63) is 29.3 Å². The molecule has 1 N–H and O–H groups in total. The normalized spacial score (nSPS) is 25.4. The van der Waals surface area contributed by atoms with Gasteiger partial charge >= 0.3 is 0 Å². The van der Waals surface area contributed by atoms with Crippen LogP contribution >= 0.6 is 0 Å². The van der Waals surface area contributed by atoms with Crippen LogP contribution in [0.5, 0.6) is 0 Å². The summed E-state index contributed by atoms with van der Waals surface area (Å²) >= 11 is 0. The summed E-state index contributed by atoms with van der Waals surface area (Å²) in [4.78, 5) is 26.5. The van der Waals surface area contributed by atoms with E-state index in [1.807, 2.05) is 32.0 Å². The maximum absolute atomic E-state index is 12.4. The highest BCUT2D eigenvalue weighted by atomic mass is 32.2. The summed E-state index contributed by atoms with van der Waals surface area (Å²) in [5.41, 5.74) is 3.02. The second-order valence-electron chi connectivity index (χ2n) is 7.14. The molecule has 0 bridgehead atoms. The number of nitrogens with zero attached hydrogens (tertiary/aromatic N) is 1. The van der Waals surface area contributed by atoms with Crippen molar-refractivity contribution in [1.82, 2.24) is 5.32 Å². The van der Waals surface area contributed by atoms with E-state index in [4.69, 9.17) is 0 Å². The molecular weight excluding hydrogens is 340 g/mol. The van der Waals surface area contributed by atoms with E-state index in [-0.39, 0.29) is 41.6 Å². The summed E-state index contributed by atoms with van der Waals surface area (Å²) in [5, 5.41) is 2.84. The van der Waals surface area contributed by atoms with Gasteiger partial charge in [0.15, 0.2) is 9.84 Å².